The monoisotopic (exact) mass is 272 g/mol. The molecule has 1 aliphatic rings. The highest BCUT2D eigenvalue weighted by molar-refractivity contribution is 5.46. The number of rotatable bonds is 4. The van der Waals surface area contributed by atoms with Crippen LogP contribution in [0.4, 0.5) is 5.82 Å². The largest absolute Gasteiger partial charge is 0.354 e. The molecule has 1 fully saturated rings. The predicted octanol–water partition coefficient (Wildman–Crippen LogP) is 0.804. The molecule has 2 aromatic rings. The van der Waals surface area contributed by atoms with Crippen LogP contribution in [0.3, 0.4) is 0 Å². The van der Waals surface area contributed by atoms with Crippen molar-refractivity contribution in [2.24, 2.45) is 0 Å². The van der Waals surface area contributed by atoms with Crippen molar-refractivity contribution in [3.05, 3.63) is 36.5 Å². The summed E-state index contributed by atoms with van der Waals surface area (Å²) >= 11 is 0. The first-order valence-electron chi connectivity index (χ1n) is 7.04. The van der Waals surface area contributed by atoms with Gasteiger partial charge in [-0.3, -0.25) is 9.58 Å². The molecule has 3 heterocycles. The first-order chi connectivity index (χ1) is 9.83. The summed E-state index contributed by atoms with van der Waals surface area (Å²) in [6.45, 7) is 8.28. The van der Waals surface area contributed by atoms with Gasteiger partial charge >= 0.3 is 0 Å². The number of nitrogens with zero attached hydrogens (tertiary/aromatic N) is 6. The first-order valence-corrected chi connectivity index (χ1v) is 7.04. The van der Waals surface area contributed by atoms with Crippen molar-refractivity contribution < 1.29 is 0 Å². The molecule has 0 amide bonds. The highest BCUT2D eigenvalue weighted by atomic mass is 15.3. The van der Waals surface area contributed by atoms with Gasteiger partial charge in [0.25, 0.3) is 0 Å². The average Bonchev–Trinajstić information content (AvgIpc) is 3.00. The molecule has 1 saturated heterocycles. The second-order valence-electron chi connectivity index (χ2n) is 5.13. The second kappa shape index (κ2) is 6.00. The summed E-state index contributed by atoms with van der Waals surface area (Å²) in [7, 11) is 0. The number of aryl methyl sites for hydroxylation is 1. The Morgan fingerprint density at radius 2 is 2.00 bits per heavy atom. The van der Waals surface area contributed by atoms with Gasteiger partial charge in [-0.2, -0.15) is 5.10 Å². The van der Waals surface area contributed by atoms with E-state index >= 15 is 0 Å². The van der Waals surface area contributed by atoms with E-state index < -0.39 is 0 Å². The van der Waals surface area contributed by atoms with Gasteiger partial charge in [-0.25, -0.2) is 9.97 Å². The van der Waals surface area contributed by atoms with Crippen LogP contribution in [0.15, 0.2) is 31.0 Å². The van der Waals surface area contributed by atoms with Crippen molar-refractivity contribution in [1.82, 2.24) is 24.6 Å². The predicted molar refractivity (Wildman–Crippen MR) is 77.6 cm³/mol. The topological polar surface area (TPSA) is 50.1 Å². The van der Waals surface area contributed by atoms with E-state index in [1.54, 1.807) is 12.7 Å². The molecule has 106 valence electrons. The van der Waals surface area contributed by atoms with E-state index in [2.05, 4.69) is 37.9 Å². The molecule has 0 unspecified atom stereocenters. The summed E-state index contributed by atoms with van der Waals surface area (Å²) in [6, 6.07) is 4.12. The number of hydrogen-bond donors (Lipinski definition) is 0. The van der Waals surface area contributed by atoms with Crippen LogP contribution in [0.1, 0.15) is 5.56 Å². The van der Waals surface area contributed by atoms with Crippen molar-refractivity contribution in [1.29, 1.82) is 0 Å². The van der Waals surface area contributed by atoms with Gasteiger partial charge in [0, 0.05) is 38.9 Å². The molecular formula is C14H20N6. The lowest BCUT2D eigenvalue weighted by Crippen LogP contribution is -2.47. The normalized spacial score (nSPS) is 16.6. The van der Waals surface area contributed by atoms with Gasteiger partial charge in [0.05, 0.1) is 6.54 Å². The van der Waals surface area contributed by atoms with Crippen LogP contribution in [0.25, 0.3) is 0 Å². The zero-order chi connectivity index (χ0) is 13.8. The minimum absolute atomic E-state index is 0.905. The molecule has 0 aromatic carbocycles. The van der Waals surface area contributed by atoms with Crippen LogP contribution >= 0.6 is 0 Å². The second-order valence-corrected chi connectivity index (χ2v) is 5.13. The van der Waals surface area contributed by atoms with Crippen molar-refractivity contribution in [3.63, 3.8) is 0 Å². The summed E-state index contributed by atoms with van der Waals surface area (Å²) in [4.78, 5) is 13.3. The molecular weight excluding hydrogens is 252 g/mol. The molecule has 3 rings (SSSR count). The number of anilines is 1. The van der Waals surface area contributed by atoms with Gasteiger partial charge in [0.2, 0.25) is 0 Å². The molecule has 1 aliphatic heterocycles. The van der Waals surface area contributed by atoms with Crippen LogP contribution in [-0.4, -0.2) is 57.4 Å². The molecule has 6 heteroatoms. The third-order valence-electron chi connectivity index (χ3n) is 3.77. The van der Waals surface area contributed by atoms with Crippen LogP contribution in [-0.2, 0) is 6.54 Å². The van der Waals surface area contributed by atoms with Gasteiger partial charge in [-0.1, -0.05) is 6.07 Å². The lowest BCUT2D eigenvalue weighted by Gasteiger charge is -2.35. The van der Waals surface area contributed by atoms with Crippen molar-refractivity contribution >= 4 is 5.82 Å². The van der Waals surface area contributed by atoms with Crippen LogP contribution in [0.5, 0.6) is 0 Å². The van der Waals surface area contributed by atoms with Gasteiger partial charge in [-0.15, -0.1) is 0 Å². The van der Waals surface area contributed by atoms with Gasteiger partial charge in [-0.05, 0) is 18.6 Å². The number of piperazine rings is 1. The van der Waals surface area contributed by atoms with Crippen LogP contribution < -0.4 is 4.90 Å². The Morgan fingerprint density at radius 3 is 2.70 bits per heavy atom. The van der Waals surface area contributed by atoms with Gasteiger partial charge in [0.1, 0.15) is 18.5 Å². The highest BCUT2D eigenvalue weighted by Gasteiger charge is 2.18. The Balaban J connectivity index is 1.51. The minimum atomic E-state index is 0.905. The summed E-state index contributed by atoms with van der Waals surface area (Å²) in [5, 5.41) is 4.13. The molecule has 0 aliphatic carbocycles. The van der Waals surface area contributed by atoms with E-state index in [1.807, 2.05) is 16.9 Å². The first kappa shape index (κ1) is 13.1. The quantitative estimate of drug-likeness (QED) is 0.824. The lowest BCUT2D eigenvalue weighted by atomic mass is 10.2. The maximum absolute atomic E-state index is 4.50. The molecule has 0 saturated carbocycles. The Bertz CT molecular complexity index is 530. The fourth-order valence-electron chi connectivity index (χ4n) is 2.58. The SMILES string of the molecule is Cc1cccnc1N1CCN(CCn2cncn2)CC1. The summed E-state index contributed by atoms with van der Waals surface area (Å²) < 4.78 is 1.88. The molecule has 2 aromatic heterocycles. The van der Waals surface area contributed by atoms with Gasteiger partial charge in [0.15, 0.2) is 0 Å². The van der Waals surface area contributed by atoms with E-state index in [4.69, 9.17) is 0 Å². The fraction of sp³-hybridized carbons (Fsp3) is 0.500. The number of pyridine rings is 1. The molecule has 0 radical (unpaired) electrons. The molecule has 20 heavy (non-hydrogen) atoms. The van der Waals surface area contributed by atoms with E-state index in [-0.39, 0.29) is 0 Å². The standard InChI is InChI=1S/C14H20N6/c1-13-3-2-4-16-14(13)19-8-5-18(6-9-19)7-10-20-12-15-11-17-20/h2-4,11-12H,5-10H2,1H3. The molecule has 0 bridgehead atoms. The zero-order valence-electron chi connectivity index (χ0n) is 11.8. The van der Waals surface area contributed by atoms with Crippen molar-refractivity contribution in [2.75, 3.05) is 37.6 Å². The fourth-order valence-corrected chi connectivity index (χ4v) is 2.58. The van der Waals surface area contributed by atoms with Crippen LogP contribution in [0, 0.1) is 6.92 Å². The third kappa shape index (κ3) is 2.96. The van der Waals surface area contributed by atoms with E-state index in [0.717, 1.165) is 45.1 Å². The van der Waals surface area contributed by atoms with Crippen LogP contribution in [0.2, 0.25) is 0 Å². The Hall–Kier alpha value is -1.95. The van der Waals surface area contributed by atoms with E-state index in [1.165, 1.54) is 5.56 Å². The lowest BCUT2D eigenvalue weighted by molar-refractivity contribution is 0.244. The molecule has 6 nitrogen and oxygen atoms in total. The molecule has 0 spiro atoms. The number of aromatic nitrogens is 4. The van der Waals surface area contributed by atoms with Gasteiger partial charge < -0.3 is 4.90 Å². The Kier molecular flexibility index (Phi) is 3.92. The van der Waals surface area contributed by atoms with E-state index in [9.17, 15) is 0 Å². The molecule has 0 atom stereocenters. The maximum atomic E-state index is 4.50. The Morgan fingerprint density at radius 1 is 1.15 bits per heavy atom. The smallest absolute Gasteiger partial charge is 0.137 e. The maximum Gasteiger partial charge on any atom is 0.137 e. The average molecular weight is 272 g/mol. The summed E-state index contributed by atoms with van der Waals surface area (Å²) in [6.07, 6.45) is 5.23. The zero-order valence-corrected chi connectivity index (χ0v) is 11.8. The van der Waals surface area contributed by atoms with E-state index in [0.29, 0.717) is 0 Å². The highest BCUT2D eigenvalue weighted by Crippen LogP contribution is 2.17. The Labute approximate surface area is 119 Å². The summed E-state index contributed by atoms with van der Waals surface area (Å²) in [5.41, 5.74) is 1.25. The minimum Gasteiger partial charge on any atom is -0.354 e. The summed E-state index contributed by atoms with van der Waals surface area (Å²) in [5.74, 6) is 1.13. The molecule has 0 N–H and O–H groups in total. The van der Waals surface area contributed by atoms with Crippen molar-refractivity contribution in [3.8, 4) is 0 Å². The van der Waals surface area contributed by atoms with Crippen molar-refractivity contribution in [2.45, 2.75) is 13.5 Å². The third-order valence-corrected chi connectivity index (χ3v) is 3.77. The number of hydrogen-bond acceptors (Lipinski definition) is 5.